The predicted octanol–water partition coefficient (Wildman–Crippen LogP) is 5.30. The van der Waals surface area contributed by atoms with Gasteiger partial charge < -0.3 is 10.4 Å². The number of carboxylic acid groups (broad SMARTS) is 1. The van der Waals surface area contributed by atoms with Crippen LogP contribution in [0.25, 0.3) is 10.8 Å². The predicted molar refractivity (Wildman–Crippen MR) is 85.6 cm³/mol. The molecule has 0 saturated heterocycles. The zero-order valence-corrected chi connectivity index (χ0v) is 12.3. The first-order valence-electron chi connectivity index (χ1n) is 7.05. The molecule has 3 nitrogen and oxygen atoms in total. The van der Waals surface area contributed by atoms with E-state index in [0.29, 0.717) is 5.69 Å². The lowest BCUT2D eigenvalue weighted by molar-refractivity contribution is -0.137. The van der Waals surface area contributed by atoms with Crippen LogP contribution in [-0.2, 0) is 6.18 Å². The van der Waals surface area contributed by atoms with Crippen LogP contribution in [0.2, 0.25) is 0 Å². The molecule has 0 aliphatic rings. The van der Waals surface area contributed by atoms with Crippen LogP contribution in [0.4, 0.5) is 24.5 Å². The fraction of sp³-hybridized carbons (Fsp3) is 0.0556. The number of aromatic carboxylic acids is 1. The molecule has 0 saturated carbocycles. The van der Waals surface area contributed by atoms with Crippen LogP contribution < -0.4 is 5.32 Å². The van der Waals surface area contributed by atoms with Crippen LogP contribution >= 0.6 is 0 Å². The number of fused-ring (bicyclic) bond motifs is 1. The summed E-state index contributed by atoms with van der Waals surface area (Å²) in [6.07, 6.45) is -4.54. The van der Waals surface area contributed by atoms with Gasteiger partial charge in [-0.05, 0) is 41.1 Å². The average molecular weight is 331 g/mol. The van der Waals surface area contributed by atoms with Crippen molar-refractivity contribution < 1.29 is 23.1 Å². The summed E-state index contributed by atoms with van der Waals surface area (Å²) in [6, 6.07) is 15.3. The maximum absolute atomic E-state index is 12.9. The third-order valence-electron chi connectivity index (χ3n) is 3.61. The summed E-state index contributed by atoms with van der Waals surface area (Å²) in [5.41, 5.74) is -0.727. The van der Waals surface area contributed by atoms with E-state index < -0.39 is 17.7 Å². The van der Waals surface area contributed by atoms with Gasteiger partial charge in [-0.2, -0.15) is 13.2 Å². The number of alkyl halides is 3. The standard InChI is InChI=1S/C18H12F3NO2/c19-18(20,21)13-6-8-15(17(23)24)16(10-13)22-14-7-5-11-3-1-2-4-12(11)9-14/h1-10,22H,(H,23,24). The molecule has 0 unspecified atom stereocenters. The monoisotopic (exact) mass is 331 g/mol. The number of benzene rings is 3. The molecule has 0 heterocycles. The molecule has 6 heteroatoms. The molecule has 3 rings (SSSR count). The molecule has 122 valence electrons. The Morgan fingerprint density at radius 1 is 0.917 bits per heavy atom. The first-order chi connectivity index (χ1) is 11.3. The SMILES string of the molecule is O=C(O)c1ccc(C(F)(F)F)cc1Nc1ccc2ccccc2c1. The Morgan fingerprint density at radius 2 is 1.62 bits per heavy atom. The van der Waals surface area contributed by atoms with E-state index in [1.54, 1.807) is 12.1 Å². The smallest absolute Gasteiger partial charge is 0.416 e. The first kappa shape index (κ1) is 15.9. The number of hydrogen-bond acceptors (Lipinski definition) is 2. The number of anilines is 2. The molecule has 0 spiro atoms. The van der Waals surface area contributed by atoms with Crippen molar-refractivity contribution in [1.82, 2.24) is 0 Å². The first-order valence-corrected chi connectivity index (χ1v) is 7.05. The molecule has 0 radical (unpaired) electrons. The van der Waals surface area contributed by atoms with E-state index in [2.05, 4.69) is 5.32 Å². The van der Waals surface area contributed by atoms with Crippen molar-refractivity contribution in [2.24, 2.45) is 0 Å². The van der Waals surface area contributed by atoms with Crippen molar-refractivity contribution in [2.75, 3.05) is 5.32 Å². The Morgan fingerprint density at radius 3 is 2.29 bits per heavy atom. The van der Waals surface area contributed by atoms with Crippen molar-refractivity contribution in [1.29, 1.82) is 0 Å². The third-order valence-corrected chi connectivity index (χ3v) is 3.61. The third kappa shape index (κ3) is 3.17. The van der Waals surface area contributed by atoms with Gasteiger partial charge in [0.1, 0.15) is 0 Å². The average Bonchev–Trinajstić information content (AvgIpc) is 2.53. The molecule has 0 aliphatic carbocycles. The van der Waals surface area contributed by atoms with Crippen molar-refractivity contribution in [3.05, 3.63) is 71.8 Å². The van der Waals surface area contributed by atoms with Gasteiger partial charge in [-0.25, -0.2) is 4.79 Å². The highest BCUT2D eigenvalue weighted by atomic mass is 19.4. The van der Waals surface area contributed by atoms with Crippen LogP contribution in [0.3, 0.4) is 0 Å². The van der Waals surface area contributed by atoms with E-state index in [9.17, 15) is 23.1 Å². The maximum atomic E-state index is 12.9. The van der Waals surface area contributed by atoms with E-state index >= 15 is 0 Å². The molecule has 0 fully saturated rings. The minimum atomic E-state index is -4.54. The number of carboxylic acids is 1. The highest BCUT2D eigenvalue weighted by molar-refractivity contribution is 5.96. The number of hydrogen-bond donors (Lipinski definition) is 2. The molecular weight excluding hydrogens is 319 g/mol. The Hall–Kier alpha value is -3.02. The molecule has 0 atom stereocenters. The van der Waals surface area contributed by atoms with E-state index in [4.69, 9.17) is 0 Å². The highest BCUT2D eigenvalue weighted by Gasteiger charge is 2.31. The molecule has 2 N–H and O–H groups in total. The Balaban J connectivity index is 2.04. The lowest BCUT2D eigenvalue weighted by Crippen LogP contribution is -2.09. The van der Waals surface area contributed by atoms with Gasteiger partial charge in [-0.3, -0.25) is 0 Å². The van der Waals surface area contributed by atoms with Crippen LogP contribution in [0, 0.1) is 0 Å². The molecule has 0 aliphatic heterocycles. The largest absolute Gasteiger partial charge is 0.478 e. The zero-order chi connectivity index (χ0) is 17.3. The van der Waals surface area contributed by atoms with Gasteiger partial charge in [-0.1, -0.05) is 30.3 Å². The number of carbonyl (C=O) groups is 1. The summed E-state index contributed by atoms with van der Waals surface area (Å²) < 4.78 is 38.6. The van der Waals surface area contributed by atoms with Crippen molar-refractivity contribution >= 4 is 28.1 Å². The second-order valence-electron chi connectivity index (χ2n) is 5.25. The van der Waals surface area contributed by atoms with Crippen molar-refractivity contribution in [2.45, 2.75) is 6.18 Å². The van der Waals surface area contributed by atoms with Gasteiger partial charge in [0, 0.05) is 5.69 Å². The minimum Gasteiger partial charge on any atom is -0.478 e. The van der Waals surface area contributed by atoms with Crippen LogP contribution in [0.5, 0.6) is 0 Å². The maximum Gasteiger partial charge on any atom is 0.416 e. The van der Waals surface area contributed by atoms with Gasteiger partial charge in [0.2, 0.25) is 0 Å². The Bertz CT molecular complexity index is 920. The quantitative estimate of drug-likeness (QED) is 0.684. The van der Waals surface area contributed by atoms with E-state index in [1.807, 2.05) is 30.3 Å². The van der Waals surface area contributed by atoms with Gasteiger partial charge in [-0.15, -0.1) is 0 Å². The molecule has 0 amide bonds. The van der Waals surface area contributed by atoms with Gasteiger partial charge in [0.05, 0.1) is 16.8 Å². The van der Waals surface area contributed by atoms with E-state index in [1.165, 1.54) is 0 Å². The molecule has 0 bridgehead atoms. The van der Waals surface area contributed by atoms with Crippen molar-refractivity contribution in [3.63, 3.8) is 0 Å². The van der Waals surface area contributed by atoms with Crippen molar-refractivity contribution in [3.8, 4) is 0 Å². The second-order valence-corrected chi connectivity index (χ2v) is 5.25. The lowest BCUT2D eigenvalue weighted by Gasteiger charge is -2.14. The minimum absolute atomic E-state index is 0.104. The number of nitrogens with one attached hydrogen (secondary N) is 1. The normalized spacial score (nSPS) is 11.5. The Kier molecular flexibility index (Phi) is 3.89. The number of rotatable bonds is 3. The highest BCUT2D eigenvalue weighted by Crippen LogP contribution is 2.33. The van der Waals surface area contributed by atoms with Gasteiger partial charge in [0.15, 0.2) is 0 Å². The lowest BCUT2D eigenvalue weighted by atomic mass is 10.1. The molecule has 0 aromatic heterocycles. The molecule has 24 heavy (non-hydrogen) atoms. The topological polar surface area (TPSA) is 49.3 Å². The van der Waals surface area contributed by atoms with Gasteiger partial charge in [0.25, 0.3) is 0 Å². The summed E-state index contributed by atoms with van der Waals surface area (Å²) in [5.74, 6) is -1.30. The summed E-state index contributed by atoms with van der Waals surface area (Å²) in [7, 11) is 0. The van der Waals surface area contributed by atoms with Gasteiger partial charge >= 0.3 is 12.1 Å². The summed E-state index contributed by atoms with van der Waals surface area (Å²) in [5, 5.41) is 13.8. The van der Waals surface area contributed by atoms with Crippen LogP contribution in [-0.4, -0.2) is 11.1 Å². The summed E-state index contributed by atoms with van der Waals surface area (Å²) >= 11 is 0. The van der Waals surface area contributed by atoms with E-state index in [0.717, 1.165) is 29.0 Å². The van der Waals surface area contributed by atoms with Crippen LogP contribution in [0.1, 0.15) is 15.9 Å². The zero-order valence-electron chi connectivity index (χ0n) is 12.3. The Labute approximate surface area is 135 Å². The molecule has 3 aromatic rings. The number of halogens is 3. The summed E-state index contributed by atoms with van der Waals surface area (Å²) in [4.78, 5) is 11.3. The second kappa shape index (κ2) is 5.88. The fourth-order valence-electron chi connectivity index (χ4n) is 2.43. The van der Waals surface area contributed by atoms with Crippen LogP contribution in [0.15, 0.2) is 60.7 Å². The fourth-order valence-corrected chi connectivity index (χ4v) is 2.43. The summed E-state index contributed by atoms with van der Waals surface area (Å²) in [6.45, 7) is 0. The molecule has 3 aromatic carbocycles. The molecular formula is C18H12F3NO2. The van der Waals surface area contributed by atoms with E-state index in [-0.39, 0.29) is 11.3 Å².